The van der Waals surface area contributed by atoms with Gasteiger partial charge in [0.2, 0.25) is 0 Å². The molecule has 7 aromatic carbocycles. The van der Waals surface area contributed by atoms with E-state index in [0.717, 1.165) is 44.6 Å². The van der Waals surface area contributed by atoms with Crippen LogP contribution < -0.4 is 0 Å². The van der Waals surface area contributed by atoms with Crippen LogP contribution in [0.1, 0.15) is 75.9 Å². The maximum absolute atomic E-state index is 12.1. The van der Waals surface area contributed by atoms with Crippen molar-refractivity contribution in [2.75, 3.05) is 0 Å². The van der Waals surface area contributed by atoms with Crippen LogP contribution in [0.3, 0.4) is 0 Å². The molecule has 0 aliphatic rings. The number of rotatable bonds is 7. The van der Waals surface area contributed by atoms with E-state index in [2.05, 4.69) is 76.2 Å². The van der Waals surface area contributed by atoms with Crippen LogP contribution in [0.5, 0.6) is 5.75 Å². The van der Waals surface area contributed by atoms with Crippen LogP contribution in [0, 0.1) is 19.9 Å². The molecule has 5 heteroatoms. The molecule has 2 heterocycles. The number of fused-ring (bicyclic) bond motifs is 1. The molecule has 0 amide bonds. The van der Waals surface area contributed by atoms with Gasteiger partial charge in [0.15, 0.2) is 0 Å². The molecule has 4 nitrogen and oxygen atoms in total. The third-order valence-electron chi connectivity index (χ3n) is 11.5. The van der Waals surface area contributed by atoms with Gasteiger partial charge < -0.3 is 5.11 Å². The van der Waals surface area contributed by atoms with E-state index in [1.165, 1.54) is 12.1 Å². The number of pyridine rings is 1. The number of nitrogens with zero attached hydrogens (tertiary/aromatic N) is 3. The number of aromatic hydroxyl groups is 1. The molecular weight excluding hydrogens is 950 g/mol. The van der Waals surface area contributed by atoms with Crippen molar-refractivity contribution in [1.29, 1.82) is 0 Å². The van der Waals surface area contributed by atoms with Crippen molar-refractivity contribution in [2.24, 2.45) is 0 Å². The summed E-state index contributed by atoms with van der Waals surface area (Å²) in [6.45, 7) is -0.315. The van der Waals surface area contributed by atoms with Crippen molar-refractivity contribution in [3.05, 3.63) is 192 Å². The first-order valence-electron chi connectivity index (χ1n) is 25.2. The van der Waals surface area contributed by atoms with Gasteiger partial charge in [0.25, 0.3) is 0 Å². The minimum atomic E-state index is -3.49. The minimum Gasteiger partial charge on any atom is -0.507 e. The van der Waals surface area contributed by atoms with Crippen LogP contribution >= 0.6 is 0 Å². The molecule has 0 atom stereocenters. The second-order valence-corrected chi connectivity index (χ2v) is 17.1. The molecule has 0 saturated carbocycles. The fraction of sp³-hybridized carbons (Fsp3) is 0.172. The first-order chi connectivity index (χ1) is 33.5. The van der Waals surface area contributed by atoms with Gasteiger partial charge in [-0.15, -0.1) is 23.8 Å². The summed E-state index contributed by atoms with van der Waals surface area (Å²) >= 11 is 0. The van der Waals surface area contributed by atoms with E-state index >= 15 is 0 Å². The molecule has 0 aliphatic carbocycles. The second kappa shape index (κ2) is 17.1. The largest absolute Gasteiger partial charge is 0.507 e. The van der Waals surface area contributed by atoms with Crippen molar-refractivity contribution in [3.8, 4) is 78.6 Å². The van der Waals surface area contributed by atoms with Crippen LogP contribution in [0.15, 0.2) is 164 Å². The third kappa shape index (κ3) is 8.58. The number of hydrogen-bond donors (Lipinski definition) is 1. The minimum absolute atomic E-state index is 0. The Labute approximate surface area is 399 Å². The average molecular weight is 1010 g/mol. The number of para-hydroxylation sites is 1. The van der Waals surface area contributed by atoms with Crippen LogP contribution in [0.2, 0.25) is 0 Å². The Kier molecular flexibility index (Phi) is 9.01. The van der Waals surface area contributed by atoms with E-state index in [-0.39, 0.29) is 37.8 Å². The zero-order chi connectivity index (χ0) is 50.8. The third-order valence-corrected chi connectivity index (χ3v) is 11.5. The van der Waals surface area contributed by atoms with E-state index in [1.54, 1.807) is 36.5 Å². The Balaban J connectivity index is 0.00000693. The Hall–Kier alpha value is -6.35. The van der Waals surface area contributed by atoms with Gasteiger partial charge in [-0.05, 0) is 94.0 Å². The summed E-state index contributed by atoms with van der Waals surface area (Å²) in [5.74, 6) is 0.337. The van der Waals surface area contributed by atoms with E-state index in [0.29, 0.717) is 55.9 Å². The Bertz CT molecular complexity index is 3410. The molecule has 0 aliphatic heterocycles. The molecule has 63 heavy (non-hydrogen) atoms. The molecule has 0 unspecified atom stereocenters. The van der Waals surface area contributed by atoms with Gasteiger partial charge in [-0.25, -0.2) is 4.98 Å². The summed E-state index contributed by atoms with van der Waals surface area (Å²) in [6, 6.07) is 53.2. The molecule has 2 aromatic heterocycles. The summed E-state index contributed by atoms with van der Waals surface area (Å²) < 4.78 is 79.2. The van der Waals surface area contributed by atoms with Gasteiger partial charge in [0.1, 0.15) is 11.6 Å². The molecule has 1 N–H and O–H groups in total. The molecule has 9 rings (SSSR count). The van der Waals surface area contributed by atoms with Crippen molar-refractivity contribution in [1.82, 2.24) is 14.5 Å². The molecule has 9 aromatic rings. The van der Waals surface area contributed by atoms with Crippen LogP contribution in [-0.4, -0.2) is 19.6 Å². The van der Waals surface area contributed by atoms with E-state index < -0.39 is 26.0 Å². The van der Waals surface area contributed by atoms with Crippen molar-refractivity contribution < 1.29 is 38.5 Å². The maximum atomic E-state index is 12.1. The van der Waals surface area contributed by atoms with Gasteiger partial charge in [-0.1, -0.05) is 179 Å². The van der Waals surface area contributed by atoms with Crippen LogP contribution in [0.4, 0.5) is 0 Å². The van der Waals surface area contributed by atoms with Crippen molar-refractivity contribution in [3.63, 3.8) is 0 Å². The summed E-state index contributed by atoms with van der Waals surface area (Å²) in [5.41, 5.74) is 8.46. The summed E-state index contributed by atoms with van der Waals surface area (Å²) in [7, 11) is 0. The monoisotopic (exact) mass is 1010 g/mol. The first kappa shape index (κ1) is 33.2. The van der Waals surface area contributed by atoms with E-state index in [4.69, 9.17) is 22.3 Å². The zero-order valence-electron chi connectivity index (χ0n) is 44.7. The standard InChI is InChI=1S/C58H52N3O.Pt/c1-37-22-24-40(25-23-37)42-28-29-59-51(34-42)45-32-43(39-16-11-9-12-17-39)31-44(33-45)48-20-15-21-53-54(48)60-56(50-36-47(58(6,7)8)30-38(2)55(50)62)61(53)52-27-26-46(57(3,4)5)35-49(52)41-18-13-10-14-19-41;/h9-32,34-36,62H,1-8H3;/q-1;/i3D3,4D3,5D3;. The fourth-order valence-corrected chi connectivity index (χ4v) is 8.09. The predicted molar refractivity (Wildman–Crippen MR) is 259 cm³/mol. The summed E-state index contributed by atoms with van der Waals surface area (Å²) in [5, 5.41) is 12.1. The normalized spacial score (nSPS) is 14.5. The Morgan fingerprint density at radius 1 is 0.571 bits per heavy atom. The molecule has 0 saturated heterocycles. The molecule has 0 fully saturated rings. The first-order valence-corrected chi connectivity index (χ1v) is 20.7. The number of aromatic nitrogens is 3. The average Bonchev–Trinajstić information content (AvgIpc) is 3.71. The predicted octanol–water partition coefficient (Wildman–Crippen LogP) is 15.1. The Morgan fingerprint density at radius 3 is 1.94 bits per heavy atom. The molecule has 0 spiro atoms. The van der Waals surface area contributed by atoms with Crippen LogP contribution in [0.25, 0.3) is 83.9 Å². The van der Waals surface area contributed by atoms with Crippen molar-refractivity contribution >= 4 is 11.0 Å². The fourth-order valence-electron chi connectivity index (χ4n) is 8.09. The number of imidazole rings is 1. The summed E-state index contributed by atoms with van der Waals surface area (Å²) in [6.07, 6.45) is 1.80. The van der Waals surface area contributed by atoms with E-state index in [1.807, 2.05) is 84.3 Å². The molecule has 316 valence electrons. The van der Waals surface area contributed by atoms with Crippen molar-refractivity contribution in [2.45, 2.75) is 66.0 Å². The second-order valence-electron chi connectivity index (χ2n) is 17.1. The molecular formula is C58H52N3OPt-. The van der Waals surface area contributed by atoms with E-state index in [9.17, 15) is 5.11 Å². The summed E-state index contributed by atoms with van der Waals surface area (Å²) in [4.78, 5) is 10.3. The maximum Gasteiger partial charge on any atom is 0.148 e. The van der Waals surface area contributed by atoms with Gasteiger partial charge in [-0.2, -0.15) is 0 Å². The zero-order valence-corrected chi connectivity index (χ0v) is 38.0. The Morgan fingerprint density at radius 2 is 1.24 bits per heavy atom. The van der Waals surface area contributed by atoms with Crippen LogP contribution in [-0.2, 0) is 31.9 Å². The SMILES string of the molecule is [2H]C([2H])([2H])C(c1ccc(-n2c(-c3cc(C(C)(C)C)cc(C)c3O)nc3c(-c4[c-]c(-c5cc(-c6ccc(C)cc6)ccn5)cc(-c5ccccc5)c4)cccc32)c(-c2ccccc2)c1)(C([2H])([2H])[2H])C([2H])([2H])[2H].[Pt]. The number of aryl methyl sites for hydroxylation is 2. The van der Waals surface area contributed by atoms with Gasteiger partial charge in [-0.3, -0.25) is 9.55 Å². The molecule has 0 radical (unpaired) electrons. The number of benzene rings is 7. The number of phenols is 1. The molecule has 0 bridgehead atoms. The number of phenolic OH excluding ortho intramolecular Hbond substituents is 1. The smallest absolute Gasteiger partial charge is 0.148 e. The number of hydrogen-bond acceptors (Lipinski definition) is 3. The topological polar surface area (TPSA) is 50.9 Å². The van der Waals surface area contributed by atoms with Gasteiger partial charge in [0.05, 0.1) is 22.3 Å². The quantitative estimate of drug-likeness (QED) is 0.162. The van der Waals surface area contributed by atoms with Gasteiger partial charge >= 0.3 is 0 Å². The van der Waals surface area contributed by atoms with Gasteiger partial charge in [0, 0.05) is 50.9 Å².